The molecule has 0 bridgehead atoms. The molecule has 0 unspecified atom stereocenters. The number of hydrazine groups is 1. The number of benzene rings is 1. The fourth-order valence-corrected chi connectivity index (χ4v) is 2.36. The zero-order valence-electron chi connectivity index (χ0n) is 10.3. The molecule has 0 aliphatic carbocycles. The summed E-state index contributed by atoms with van der Waals surface area (Å²) in [7, 11) is 0. The molecule has 1 aromatic carbocycles. The lowest BCUT2D eigenvalue weighted by Crippen LogP contribution is -2.25. The molecule has 0 radical (unpaired) electrons. The van der Waals surface area contributed by atoms with E-state index in [1.54, 1.807) is 12.3 Å². The Balaban J connectivity index is 2.06. The van der Waals surface area contributed by atoms with Gasteiger partial charge in [-0.3, -0.25) is 0 Å². The van der Waals surface area contributed by atoms with Gasteiger partial charge in [0.2, 0.25) is 0 Å². The van der Waals surface area contributed by atoms with Gasteiger partial charge in [-0.1, -0.05) is 30.3 Å². The molecule has 0 amide bonds. The molecule has 0 saturated carbocycles. The molecule has 1 heterocycles. The summed E-state index contributed by atoms with van der Waals surface area (Å²) in [6.45, 7) is 0.581. The zero-order valence-corrected chi connectivity index (χ0v) is 11.1. The average Bonchev–Trinajstić information content (AvgIpc) is 2.88. The normalized spacial score (nSPS) is 11.1. The Hall–Kier alpha value is -2.29. The van der Waals surface area contributed by atoms with E-state index in [0.717, 1.165) is 10.4 Å². The second-order valence-corrected chi connectivity index (χ2v) is 5.10. The molecule has 0 atom stereocenters. The van der Waals surface area contributed by atoms with Crippen LogP contribution >= 0.6 is 11.3 Å². The van der Waals surface area contributed by atoms with Crippen LogP contribution in [0.15, 0.2) is 48.7 Å². The van der Waals surface area contributed by atoms with Crippen LogP contribution in [-0.2, 0) is 6.54 Å². The lowest BCUT2D eigenvalue weighted by molar-refractivity contribution is 0.388. The topological polar surface area (TPSA) is 79.1 Å². The van der Waals surface area contributed by atoms with Crippen molar-refractivity contribution in [1.82, 2.24) is 5.01 Å². The highest BCUT2D eigenvalue weighted by atomic mass is 32.1. The van der Waals surface area contributed by atoms with Crippen LogP contribution in [0, 0.1) is 11.3 Å². The summed E-state index contributed by atoms with van der Waals surface area (Å²) in [5.74, 6) is 5.90. The smallest absolute Gasteiger partial charge is 0.110 e. The number of nitrogens with two attached hydrogens (primary N) is 2. The third-order valence-corrected chi connectivity index (χ3v) is 3.55. The van der Waals surface area contributed by atoms with Gasteiger partial charge in [0.25, 0.3) is 0 Å². The van der Waals surface area contributed by atoms with Gasteiger partial charge in [0, 0.05) is 6.20 Å². The van der Waals surface area contributed by atoms with Crippen molar-refractivity contribution in [2.24, 2.45) is 11.6 Å². The van der Waals surface area contributed by atoms with Crippen LogP contribution in [-0.4, -0.2) is 5.01 Å². The minimum absolute atomic E-state index is 0.560. The van der Waals surface area contributed by atoms with E-state index in [2.05, 4.69) is 6.07 Å². The summed E-state index contributed by atoms with van der Waals surface area (Å²) < 4.78 is 0. The number of rotatable bonds is 4. The number of nitrogens with zero attached hydrogens (tertiary/aromatic N) is 2. The summed E-state index contributed by atoms with van der Waals surface area (Å²) in [6, 6.07) is 15.6. The van der Waals surface area contributed by atoms with Crippen LogP contribution in [0.2, 0.25) is 0 Å². The Bertz CT molecular complexity index is 610. The minimum atomic E-state index is 0.560. The molecular weight excluding hydrogens is 256 g/mol. The largest absolute Gasteiger partial charge is 0.396 e. The SMILES string of the molecule is N#Cc1ccc(/C(N)=C/N(N)Cc2ccccc2)s1. The van der Waals surface area contributed by atoms with Crippen molar-refractivity contribution < 1.29 is 0 Å². The molecule has 0 spiro atoms. The Kier molecular flexibility index (Phi) is 4.18. The molecule has 19 heavy (non-hydrogen) atoms. The van der Waals surface area contributed by atoms with E-state index < -0.39 is 0 Å². The maximum Gasteiger partial charge on any atom is 0.110 e. The zero-order chi connectivity index (χ0) is 13.7. The minimum Gasteiger partial charge on any atom is -0.396 e. The third kappa shape index (κ3) is 3.58. The van der Waals surface area contributed by atoms with Crippen molar-refractivity contribution in [3.8, 4) is 6.07 Å². The van der Waals surface area contributed by atoms with Crippen LogP contribution < -0.4 is 11.6 Å². The quantitative estimate of drug-likeness (QED) is 0.659. The lowest BCUT2D eigenvalue weighted by Gasteiger charge is -2.14. The fourth-order valence-electron chi connectivity index (χ4n) is 1.64. The van der Waals surface area contributed by atoms with Crippen molar-refractivity contribution in [3.05, 3.63) is 64.0 Å². The van der Waals surface area contributed by atoms with Gasteiger partial charge in [-0.25, -0.2) is 5.84 Å². The summed E-state index contributed by atoms with van der Waals surface area (Å²) in [6.07, 6.45) is 1.68. The van der Waals surface area contributed by atoms with E-state index in [9.17, 15) is 0 Å². The lowest BCUT2D eigenvalue weighted by atomic mass is 10.2. The van der Waals surface area contributed by atoms with Crippen LogP contribution in [0.1, 0.15) is 15.3 Å². The molecular formula is C14H14N4S. The van der Waals surface area contributed by atoms with Crippen molar-refractivity contribution >= 4 is 17.0 Å². The molecule has 0 saturated heterocycles. The second kappa shape index (κ2) is 6.05. The first-order chi connectivity index (χ1) is 9.19. The van der Waals surface area contributed by atoms with Crippen LogP contribution in [0.3, 0.4) is 0 Å². The van der Waals surface area contributed by atoms with E-state index in [1.807, 2.05) is 36.4 Å². The number of nitriles is 1. The maximum atomic E-state index is 8.77. The Labute approximate surface area is 116 Å². The van der Waals surface area contributed by atoms with Gasteiger partial charge in [-0.05, 0) is 17.7 Å². The van der Waals surface area contributed by atoms with E-state index >= 15 is 0 Å². The summed E-state index contributed by atoms with van der Waals surface area (Å²) in [5, 5.41) is 10.3. The van der Waals surface area contributed by atoms with Gasteiger partial charge in [-0.15, -0.1) is 11.3 Å². The molecule has 96 valence electrons. The van der Waals surface area contributed by atoms with Gasteiger partial charge in [0.1, 0.15) is 10.9 Å². The average molecular weight is 270 g/mol. The Morgan fingerprint density at radius 2 is 2.00 bits per heavy atom. The molecule has 0 aliphatic rings. The molecule has 4 nitrogen and oxygen atoms in total. The third-order valence-electron chi connectivity index (χ3n) is 2.51. The summed E-state index contributed by atoms with van der Waals surface area (Å²) in [5.41, 5.74) is 7.63. The molecule has 1 aromatic heterocycles. The van der Waals surface area contributed by atoms with Crippen molar-refractivity contribution in [2.45, 2.75) is 6.54 Å². The van der Waals surface area contributed by atoms with Gasteiger partial charge in [0.15, 0.2) is 0 Å². The first kappa shape index (κ1) is 13.1. The van der Waals surface area contributed by atoms with E-state index in [1.165, 1.54) is 16.3 Å². The molecule has 2 rings (SSSR count). The predicted octanol–water partition coefficient (Wildman–Crippen LogP) is 2.25. The van der Waals surface area contributed by atoms with Crippen molar-refractivity contribution in [2.75, 3.05) is 0 Å². The van der Waals surface area contributed by atoms with E-state index in [4.69, 9.17) is 16.8 Å². The van der Waals surface area contributed by atoms with Gasteiger partial charge >= 0.3 is 0 Å². The van der Waals surface area contributed by atoms with E-state index in [0.29, 0.717) is 17.1 Å². The Morgan fingerprint density at radius 1 is 1.26 bits per heavy atom. The second-order valence-electron chi connectivity index (χ2n) is 4.02. The highest BCUT2D eigenvalue weighted by Crippen LogP contribution is 2.20. The highest BCUT2D eigenvalue weighted by molar-refractivity contribution is 7.13. The monoisotopic (exact) mass is 270 g/mol. The van der Waals surface area contributed by atoms with Gasteiger partial charge in [0.05, 0.1) is 17.1 Å². The van der Waals surface area contributed by atoms with Crippen molar-refractivity contribution in [3.63, 3.8) is 0 Å². The van der Waals surface area contributed by atoms with Crippen molar-refractivity contribution in [1.29, 1.82) is 5.26 Å². The Morgan fingerprint density at radius 3 is 2.63 bits per heavy atom. The molecule has 4 N–H and O–H groups in total. The summed E-state index contributed by atoms with van der Waals surface area (Å²) >= 11 is 1.35. The fraction of sp³-hybridized carbons (Fsp3) is 0.0714. The molecule has 0 aliphatic heterocycles. The van der Waals surface area contributed by atoms with E-state index in [-0.39, 0.29) is 0 Å². The van der Waals surface area contributed by atoms with Gasteiger partial charge < -0.3 is 10.7 Å². The standard InChI is InChI=1S/C14H14N4S/c15-8-12-6-7-14(19-12)13(16)10-18(17)9-11-4-2-1-3-5-11/h1-7,10H,9,16-17H2/b13-10-. The number of thiophene rings is 1. The predicted molar refractivity (Wildman–Crippen MR) is 77.4 cm³/mol. The molecule has 0 fully saturated rings. The maximum absolute atomic E-state index is 8.77. The first-order valence-corrected chi connectivity index (χ1v) is 6.53. The van der Waals surface area contributed by atoms with Crippen LogP contribution in [0.25, 0.3) is 5.70 Å². The van der Waals surface area contributed by atoms with Crippen LogP contribution in [0.4, 0.5) is 0 Å². The molecule has 2 aromatic rings. The molecule has 5 heteroatoms. The van der Waals surface area contributed by atoms with Crippen LogP contribution in [0.5, 0.6) is 0 Å². The number of hydrogen-bond acceptors (Lipinski definition) is 5. The highest BCUT2D eigenvalue weighted by Gasteiger charge is 2.04. The number of hydrogen-bond donors (Lipinski definition) is 2. The summed E-state index contributed by atoms with van der Waals surface area (Å²) in [4.78, 5) is 1.48. The van der Waals surface area contributed by atoms with Gasteiger partial charge in [-0.2, -0.15) is 5.26 Å². The first-order valence-electron chi connectivity index (χ1n) is 5.72.